The Bertz CT molecular complexity index is 1040. The van der Waals surface area contributed by atoms with Crippen LogP contribution in [0.15, 0.2) is 53.1 Å². The largest absolute Gasteiger partial charge is 0.441 e. The molecule has 0 bridgehead atoms. The van der Waals surface area contributed by atoms with Crippen LogP contribution in [-0.2, 0) is 11.2 Å². The van der Waals surface area contributed by atoms with Crippen molar-refractivity contribution in [1.29, 1.82) is 0 Å². The van der Waals surface area contributed by atoms with Gasteiger partial charge in [0.05, 0.1) is 11.2 Å². The minimum atomic E-state index is 0.120. The Balaban J connectivity index is 1.31. The van der Waals surface area contributed by atoms with Crippen molar-refractivity contribution < 1.29 is 9.21 Å². The number of nitrogens with zero attached hydrogens (tertiary/aromatic N) is 3. The number of carbonyl (C=O) groups is 1. The molecule has 1 fully saturated rings. The molecule has 5 nitrogen and oxygen atoms in total. The fourth-order valence-electron chi connectivity index (χ4n) is 3.70. The highest BCUT2D eigenvalue weighted by molar-refractivity contribution is 6.33. The molecule has 0 saturated carbocycles. The number of aryl methyl sites for hydroxylation is 2. The Kier molecular flexibility index (Phi) is 6.30. The van der Waals surface area contributed by atoms with Crippen LogP contribution in [0.4, 0.5) is 5.69 Å². The lowest BCUT2D eigenvalue weighted by molar-refractivity contribution is -0.131. The number of halogens is 2. The number of aromatic nitrogens is 1. The van der Waals surface area contributed by atoms with Gasteiger partial charge >= 0.3 is 0 Å². The Morgan fingerprint density at radius 1 is 1.10 bits per heavy atom. The smallest absolute Gasteiger partial charge is 0.223 e. The molecule has 3 aromatic rings. The maximum atomic E-state index is 12.7. The molecule has 0 unspecified atom stereocenters. The SMILES string of the molecule is Cc1ccc(Cl)cc1N1CCN(C(=O)CCc2ncc(-c3ccccc3Cl)o2)CC1. The molecule has 1 saturated heterocycles. The summed E-state index contributed by atoms with van der Waals surface area (Å²) in [5.74, 6) is 1.29. The number of oxazole rings is 1. The van der Waals surface area contributed by atoms with Gasteiger partial charge in [-0.1, -0.05) is 41.4 Å². The molecular formula is C23H23Cl2N3O2. The van der Waals surface area contributed by atoms with Crippen molar-refractivity contribution >= 4 is 34.8 Å². The molecule has 0 radical (unpaired) electrons. The van der Waals surface area contributed by atoms with E-state index in [0.717, 1.165) is 29.4 Å². The summed E-state index contributed by atoms with van der Waals surface area (Å²) in [6.45, 7) is 5.06. The van der Waals surface area contributed by atoms with Gasteiger partial charge in [-0.05, 0) is 36.8 Å². The molecule has 7 heteroatoms. The van der Waals surface area contributed by atoms with Gasteiger partial charge in [0.25, 0.3) is 0 Å². The van der Waals surface area contributed by atoms with Gasteiger partial charge in [0.15, 0.2) is 11.7 Å². The third kappa shape index (κ3) is 4.63. The first-order valence-electron chi connectivity index (χ1n) is 10.00. The predicted octanol–water partition coefficient (Wildman–Crippen LogP) is 5.24. The van der Waals surface area contributed by atoms with E-state index in [9.17, 15) is 4.79 Å². The maximum absolute atomic E-state index is 12.7. The van der Waals surface area contributed by atoms with Crippen molar-refractivity contribution in [1.82, 2.24) is 9.88 Å². The van der Waals surface area contributed by atoms with E-state index in [2.05, 4.69) is 16.8 Å². The number of amides is 1. The predicted molar refractivity (Wildman–Crippen MR) is 120 cm³/mol. The summed E-state index contributed by atoms with van der Waals surface area (Å²) in [5.41, 5.74) is 3.13. The highest BCUT2D eigenvalue weighted by atomic mass is 35.5. The normalized spacial score (nSPS) is 14.2. The molecule has 4 rings (SSSR count). The molecule has 0 N–H and O–H groups in total. The number of hydrogen-bond donors (Lipinski definition) is 0. The summed E-state index contributed by atoms with van der Waals surface area (Å²) in [5, 5.41) is 1.35. The second-order valence-electron chi connectivity index (χ2n) is 7.40. The summed E-state index contributed by atoms with van der Waals surface area (Å²) in [6.07, 6.45) is 2.50. The molecule has 1 aliphatic rings. The zero-order valence-electron chi connectivity index (χ0n) is 16.8. The van der Waals surface area contributed by atoms with Crippen LogP contribution in [-0.4, -0.2) is 42.0 Å². The number of piperazine rings is 1. The molecule has 1 aromatic heterocycles. The molecule has 30 heavy (non-hydrogen) atoms. The molecule has 156 valence electrons. The molecular weight excluding hydrogens is 421 g/mol. The summed E-state index contributed by atoms with van der Waals surface area (Å²) in [4.78, 5) is 21.2. The second kappa shape index (κ2) is 9.11. The van der Waals surface area contributed by atoms with Crippen molar-refractivity contribution in [3.05, 3.63) is 70.2 Å². The van der Waals surface area contributed by atoms with E-state index in [1.807, 2.05) is 47.4 Å². The average molecular weight is 444 g/mol. The van der Waals surface area contributed by atoms with Crippen LogP contribution in [0.2, 0.25) is 10.0 Å². The van der Waals surface area contributed by atoms with Gasteiger partial charge < -0.3 is 14.2 Å². The number of hydrogen-bond acceptors (Lipinski definition) is 4. The van der Waals surface area contributed by atoms with E-state index in [1.165, 1.54) is 5.56 Å². The first-order chi connectivity index (χ1) is 14.5. The minimum Gasteiger partial charge on any atom is -0.441 e. The highest BCUT2D eigenvalue weighted by Crippen LogP contribution is 2.28. The van der Waals surface area contributed by atoms with Crippen molar-refractivity contribution in [3.63, 3.8) is 0 Å². The molecule has 1 amide bonds. The van der Waals surface area contributed by atoms with Crippen LogP contribution in [0.5, 0.6) is 0 Å². The number of anilines is 1. The Morgan fingerprint density at radius 3 is 2.63 bits per heavy atom. The van der Waals surface area contributed by atoms with Gasteiger partial charge in [0.1, 0.15) is 0 Å². The van der Waals surface area contributed by atoms with Gasteiger partial charge in [-0.3, -0.25) is 4.79 Å². The van der Waals surface area contributed by atoms with Crippen LogP contribution in [0.1, 0.15) is 17.9 Å². The first-order valence-corrected chi connectivity index (χ1v) is 10.8. The van der Waals surface area contributed by atoms with E-state index in [0.29, 0.717) is 42.6 Å². The third-order valence-electron chi connectivity index (χ3n) is 5.39. The highest BCUT2D eigenvalue weighted by Gasteiger charge is 2.22. The van der Waals surface area contributed by atoms with Crippen molar-refractivity contribution in [2.24, 2.45) is 0 Å². The van der Waals surface area contributed by atoms with E-state index in [4.69, 9.17) is 27.6 Å². The Labute approximate surface area is 186 Å². The third-order valence-corrected chi connectivity index (χ3v) is 5.95. The van der Waals surface area contributed by atoms with Gasteiger partial charge in [-0.15, -0.1) is 0 Å². The minimum absolute atomic E-state index is 0.120. The Morgan fingerprint density at radius 2 is 1.87 bits per heavy atom. The lowest BCUT2D eigenvalue weighted by atomic mass is 10.1. The van der Waals surface area contributed by atoms with Gasteiger partial charge in [-0.2, -0.15) is 0 Å². The van der Waals surface area contributed by atoms with E-state index < -0.39 is 0 Å². The lowest BCUT2D eigenvalue weighted by Gasteiger charge is -2.37. The topological polar surface area (TPSA) is 49.6 Å². The van der Waals surface area contributed by atoms with Gasteiger partial charge in [-0.25, -0.2) is 4.98 Å². The van der Waals surface area contributed by atoms with Crippen molar-refractivity contribution in [2.75, 3.05) is 31.1 Å². The molecule has 2 aromatic carbocycles. The van der Waals surface area contributed by atoms with Crippen molar-refractivity contribution in [3.8, 4) is 11.3 Å². The van der Waals surface area contributed by atoms with E-state index >= 15 is 0 Å². The van der Waals surface area contributed by atoms with Gasteiger partial charge in [0.2, 0.25) is 5.91 Å². The summed E-state index contributed by atoms with van der Waals surface area (Å²) < 4.78 is 5.80. The molecule has 2 heterocycles. The second-order valence-corrected chi connectivity index (χ2v) is 8.24. The van der Waals surface area contributed by atoms with Crippen molar-refractivity contribution in [2.45, 2.75) is 19.8 Å². The number of carbonyl (C=O) groups excluding carboxylic acids is 1. The van der Waals surface area contributed by atoms with Crippen LogP contribution in [0.3, 0.4) is 0 Å². The summed E-state index contributed by atoms with van der Waals surface area (Å²) in [7, 11) is 0. The fourth-order valence-corrected chi connectivity index (χ4v) is 4.10. The lowest BCUT2D eigenvalue weighted by Crippen LogP contribution is -2.49. The average Bonchev–Trinajstić information content (AvgIpc) is 3.23. The van der Waals surface area contributed by atoms with Crippen LogP contribution in [0.25, 0.3) is 11.3 Å². The molecule has 1 aliphatic heterocycles. The van der Waals surface area contributed by atoms with Gasteiger partial charge in [0, 0.05) is 55.3 Å². The molecule has 0 aliphatic carbocycles. The first kappa shape index (κ1) is 20.8. The summed E-state index contributed by atoms with van der Waals surface area (Å²) >= 11 is 12.4. The van der Waals surface area contributed by atoms with Crippen LogP contribution < -0.4 is 4.90 Å². The standard InChI is InChI=1S/C23H23Cl2N3O2/c1-16-6-7-17(24)14-20(16)27-10-12-28(13-11-27)23(29)9-8-22-26-15-21(30-22)18-4-2-3-5-19(18)25/h2-7,14-15H,8-13H2,1H3. The monoisotopic (exact) mass is 443 g/mol. The fraction of sp³-hybridized carbons (Fsp3) is 0.304. The number of benzene rings is 2. The zero-order valence-corrected chi connectivity index (χ0v) is 18.3. The number of rotatable bonds is 5. The zero-order chi connectivity index (χ0) is 21.1. The Hall–Kier alpha value is -2.50. The maximum Gasteiger partial charge on any atom is 0.223 e. The van der Waals surface area contributed by atoms with E-state index in [-0.39, 0.29) is 5.91 Å². The summed E-state index contributed by atoms with van der Waals surface area (Å²) in [6, 6.07) is 13.4. The quantitative estimate of drug-likeness (QED) is 0.540. The van der Waals surface area contributed by atoms with Crippen LogP contribution in [0, 0.1) is 6.92 Å². The van der Waals surface area contributed by atoms with Crippen LogP contribution >= 0.6 is 23.2 Å². The molecule has 0 atom stereocenters. The molecule has 0 spiro atoms. The van der Waals surface area contributed by atoms with E-state index in [1.54, 1.807) is 6.20 Å².